The molecule has 2 heterocycles. The highest BCUT2D eigenvalue weighted by Crippen LogP contribution is 2.32. The topological polar surface area (TPSA) is 47.7 Å². The largest absolute Gasteiger partial charge is 0.496 e. The van der Waals surface area contributed by atoms with Gasteiger partial charge in [-0.1, -0.05) is 0 Å². The fourth-order valence-corrected chi connectivity index (χ4v) is 3.43. The van der Waals surface area contributed by atoms with Gasteiger partial charge in [-0.25, -0.2) is 4.98 Å². The normalized spacial score (nSPS) is 15.8. The zero-order valence-electron chi connectivity index (χ0n) is 15.9. The molecule has 2 aromatic rings. The highest BCUT2D eigenvalue weighted by Gasteiger charge is 2.22. The van der Waals surface area contributed by atoms with Crippen molar-refractivity contribution < 1.29 is 13.9 Å². The number of benzene rings is 1. The molecule has 1 fully saturated rings. The lowest BCUT2D eigenvalue weighted by atomic mass is 10.0. The second-order valence-electron chi connectivity index (χ2n) is 6.85. The number of hydrogen-bond acceptors (Lipinski definition) is 5. The third-order valence-corrected chi connectivity index (χ3v) is 5.29. The van der Waals surface area contributed by atoms with Crippen LogP contribution in [0.3, 0.4) is 0 Å². The fourth-order valence-electron chi connectivity index (χ4n) is 3.43. The molecular formula is C20H28N2O3. The van der Waals surface area contributed by atoms with Crippen LogP contribution in [0.5, 0.6) is 5.75 Å². The molecule has 1 aliphatic rings. The van der Waals surface area contributed by atoms with Crippen molar-refractivity contribution in [2.75, 3.05) is 27.4 Å². The van der Waals surface area contributed by atoms with Crippen LogP contribution in [-0.4, -0.2) is 43.3 Å². The van der Waals surface area contributed by atoms with Crippen molar-refractivity contribution >= 4 is 0 Å². The van der Waals surface area contributed by atoms with Gasteiger partial charge < -0.3 is 13.9 Å². The molecule has 1 aliphatic heterocycles. The van der Waals surface area contributed by atoms with Crippen LogP contribution in [-0.2, 0) is 11.3 Å². The Hall–Kier alpha value is -1.85. The van der Waals surface area contributed by atoms with Crippen molar-refractivity contribution in [1.82, 2.24) is 9.88 Å². The Morgan fingerprint density at radius 2 is 1.88 bits per heavy atom. The summed E-state index contributed by atoms with van der Waals surface area (Å²) in [5, 5.41) is 0. The van der Waals surface area contributed by atoms with Gasteiger partial charge in [-0.2, -0.15) is 0 Å². The molecule has 3 rings (SSSR count). The van der Waals surface area contributed by atoms with Crippen molar-refractivity contribution in [3.05, 3.63) is 34.7 Å². The number of ether oxygens (including phenoxy) is 2. The molecule has 0 bridgehead atoms. The SMILES string of the molecule is COc1ccc(-c2nc(CN(C)C3CCOCC3)c(C)o2)c(C)c1C. The quantitative estimate of drug-likeness (QED) is 0.823. The maximum atomic E-state index is 5.99. The van der Waals surface area contributed by atoms with Crippen LogP contribution < -0.4 is 4.74 Å². The van der Waals surface area contributed by atoms with E-state index in [1.807, 2.05) is 19.1 Å². The van der Waals surface area contributed by atoms with Crippen molar-refractivity contribution in [2.24, 2.45) is 0 Å². The molecule has 25 heavy (non-hydrogen) atoms. The predicted molar refractivity (Wildman–Crippen MR) is 98.0 cm³/mol. The molecule has 0 amide bonds. The number of aromatic nitrogens is 1. The Morgan fingerprint density at radius 3 is 2.56 bits per heavy atom. The molecule has 1 aromatic heterocycles. The first-order valence-electron chi connectivity index (χ1n) is 8.90. The van der Waals surface area contributed by atoms with Gasteiger partial charge in [0.1, 0.15) is 11.5 Å². The maximum Gasteiger partial charge on any atom is 0.226 e. The van der Waals surface area contributed by atoms with Gasteiger partial charge in [-0.3, -0.25) is 4.90 Å². The van der Waals surface area contributed by atoms with E-state index in [1.165, 1.54) is 0 Å². The van der Waals surface area contributed by atoms with Crippen molar-refractivity contribution in [3.8, 4) is 17.2 Å². The van der Waals surface area contributed by atoms with Gasteiger partial charge in [0.2, 0.25) is 5.89 Å². The molecule has 1 aromatic carbocycles. The second-order valence-corrected chi connectivity index (χ2v) is 6.85. The Kier molecular flexibility index (Phi) is 5.45. The van der Waals surface area contributed by atoms with Gasteiger partial charge in [0, 0.05) is 31.4 Å². The number of rotatable bonds is 5. The Morgan fingerprint density at radius 1 is 1.16 bits per heavy atom. The van der Waals surface area contributed by atoms with E-state index < -0.39 is 0 Å². The van der Waals surface area contributed by atoms with Crippen molar-refractivity contribution in [2.45, 2.75) is 46.2 Å². The summed E-state index contributed by atoms with van der Waals surface area (Å²) >= 11 is 0. The Balaban J connectivity index is 1.82. The van der Waals surface area contributed by atoms with Gasteiger partial charge in [0.25, 0.3) is 0 Å². The first-order valence-corrected chi connectivity index (χ1v) is 8.90. The summed E-state index contributed by atoms with van der Waals surface area (Å²) in [5.41, 5.74) is 4.31. The van der Waals surface area contributed by atoms with E-state index in [4.69, 9.17) is 18.9 Å². The third kappa shape index (κ3) is 3.72. The Labute approximate surface area is 149 Å². The average molecular weight is 344 g/mol. The summed E-state index contributed by atoms with van der Waals surface area (Å²) in [7, 11) is 3.85. The summed E-state index contributed by atoms with van der Waals surface area (Å²) in [5.74, 6) is 2.47. The third-order valence-electron chi connectivity index (χ3n) is 5.29. The second kappa shape index (κ2) is 7.58. The molecule has 0 atom stereocenters. The van der Waals surface area contributed by atoms with Crippen LogP contribution in [0.1, 0.15) is 35.4 Å². The van der Waals surface area contributed by atoms with Crippen molar-refractivity contribution in [1.29, 1.82) is 0 Å². The fraction of sp³-hybridized carbons (Fsp3) is 0.550. The highest BCUT2D eigenvalue weighted by molar-refractivity contribution is 5.63. The molecule has 0 radical (unpaired) electrons. The lowest BCUT2D eigenvalue weighted by molar-refractivity contribution is 0.0402. The zero-order valence-corrected chi connectivity index (χ0v) is 15.9. The van der Waals surface area contributed by atoms with Crippen LogP contribution in [0.25, 0.3) is 11.5 Å². The van der Waals surface area contributed by atoms with Crippen LogP contribution in [0.4, 0.5) is 0 Å². The molecule has 5 nitrogen and oxygen atoms in total. The molecular weight excluding hydrogens is 316 g/mol. The summed E-state index contributed by atoms with van der Waals surface area (Å²) in [6, 6.07) is 4.56. The molecule has 0 unspecified atom stereocenters. The van der Waals surface area contributed by atoms with E-state index in [9.17, 15) is 0 Å². The molecule has 0 spiro atoms. The molecule has 0 N–H and O–H groups in total. The van der Waals surface area contributed by atoms with Gasteiger partial charge in [0.05, 0.1) is 12.8 Å². The molecule has 1 saturated heterocycles. The van der Waals surface area contributed by atoms with Gasteiger partial charge in [-0.05, 0) is 63.9 Å². The lowest BCUT2D eigenvalue weighted by Crippen LogP contribution is -2.36. The van der Waals surface area contributed by atoms with Crippen LogP contribution in [0.2, 0.25) is 0 Å². The standard InChI is InChI=1S/C20H28N2O3/c1-13-14(2)19(23-5)7-6-17(13)20-21-18(15(3)25-20)12-22(4)16-8-10-24-11-9-16/h6-7,16H,8-12H2,1-5H3. The zero-order chi connectivity index (χ0) is 18.0. The molecule has 136 valence electrons. The Bertz CT molecular complexity index is 733. The van der Waals surface area contributed by atoms with Crippen LogP contribution in [0.15, 0.2) is 16.5 Å². The first-order chi connectivity index (χ1) is 12.0. The molecule has 0 aliphatic carbocycles. The number of methoxy groups -OCH3 is 1. The van der Waals surface area contributed by atoms with Gasteiger partial charge in [0.15, 0.2) is 0 Å². The minimum Gasteiger partial charge on any atom is -0.496 e. The van der Waals surface area contributed by atoms with Crippen LogP contribution in [0, 0.1) is 20.8 Å². The molecule has 0 saturated carbocycles. The van der Waals surface area contributed by atoms with Crippen molar-refractivity contribution in [3.63, 3.8) is 0 Å². The highest BCUT2D eigenvalue weighted by atomic mass is 16.5. The predicted octanol–water partition coefficient (Wildman–Crippen LogP) is 3.89. The average Bonchev–Trinajstić information content (AvgIpc) is 2.98. The van der Waals surface area contributed by atoms with E-state index >= 15 is 0 Å². The minimum absolute atomic E-state index is 0.554. The summed E-state index contributed by atoms with van der Waals surface area (Å²) in [6.07, 6.45) is 2.16. The number of hydrogen-bond donors (Lipinski definition) is 0. The summed E-state index contributed by atoms with van der Waals surface area (Å²) in [4.78, 5) is 7.16. The summed E-state index contributed by atoms with van der Waals surface area (Å²) < 4.78 is 16.9. The van der Waals surface area contributed by atoms with E-state index in [0.29, 0.717) is 11.9 Å². The van der Waals surface area contributed by atoms with E-state index in [2.05, 4.69) is 25.8 Å². The smallest absolute Gasteiger partial charge is 0.226 e. The molecule has 5 heteroatoms. The maximum absolute atomic E-state index is 5.99. The van der Waals surface area contributed by atoms with E-state index in [1.54, 1.807) is 7.11 Å². The van der Waals surface area contributed by atoms with E-state index in [-0.39, 0.29) is 0 Å². The summed E-state index contributed by atoms with van der Waals surface area (Å²) in [6.45, 7) is 8.64. The number of oxazole rings is 1. The lowest BCUT2D eigenvalue weighted by Gasteiger charge is -2.30. The van der Waals surface area contributed by atoms with Gasteiger partial charge in [-0.15, -0.1) is 0 Å². The van der Waals surface area contributed by atoms with Gasteiger partial charge >= 0.3 is 0 Å². The van der Waals surface area contributed by atoms with Crippen LogP contribution >= 0.6 is 0 Å². The number of nitrogens with zero attached hydrogens (tertiary/aromatic N) is 2. The first kappa shape index (κ1) is 18.0. The van der Waals surface area contributed by atoms with E-state index in [0.717, 1.165) is 66.5 Å². The number of aryl methyl sites for hydroxylation is 1. The minimum atomic E-state index is 0.554. The monoisotopic (exact) mass is 344 g/mol.